The van der Waals surface area contributed by atoms with Gasteiger partial charge in [0.15, 0.2) is 5.11 Å². The number of piperidine rings is 1. The molecule has 0 saturated carbocycles. The van der Waals surface area contributed by atoms with E-state index in [0.29, 0.717) is 12.6 Å². The maximum atomic E-state index is 11.7. The van der Waals surface area contributed by atoms with Gasteiger partial charge in [-0.25, -0.2) is 0 Å². The Morgan fingerprint density at radius 3 is 2.60 bits per heavy atom. The predicted molar refractivity (Wildman–Crippen MR) is 123 cm³/mol. The fourth-order valence-electron chi connectivity index (χ4n) is 4.05. The van der Waals surface area contributed by atoms with Crippen LogP contribution in [0.3, 0.4) is 0 Å². The van der Waals surface area contributed by atoms with Crippen molar-refractivity contribution in [3.63, 3.8) is 0 Å². The molecule has 1 N–H and O–H groups in total. The smallest absolute Gasteiger partial charge is 0.219 e. The Labute approximate surface area is 185 Å². The second kappa shape index (κ2) is 11.5. The number of hydrogen-bond donors (Lipinski definition) is 1. The number of amides is 1. The van der Waals surface area contributed by atoms with Gasteiger partial charge in [0.25, 0.3) is 0 Å². The molecule has 2 heterocycles. The third kappa shape index (κ3) is 6.30. The zero-order valence-electron chi connectivity index (χ0n) is 18.1. The minimum absolute atomic E-state index is 0.152. The minimum Gasteiger partial charge on any atom is -0.492 e. The molecule has 2 aliphatic rings. The molecule has 0 bridgehead atoms. The Morgan fingerprint density at radius 2 is 1.93 bits per heavy atom. The summed E-state index contributed by atoms with van der Waals surface area (Å²) in [6, 6.07) is 8.22. The zero-order valence-corrected chi connectivity index (χ0v) is 19.0. The molecular formula is C22H34N4O3S. The molecule has 3 rings (SSSR count). The van der Waals surface area contributed by atoms with E-state index in [1.807, 2.05) is 36.1 Å². The highest BCUT2D eigenvalue weighted by Gasteiger charge is 2.28. The van der Waals surface area contributed by atoms with Crippen molar-refractivity contribution in [2.75, 3.05) is 64.4 Å². The SMILES string of the molecule is CCOc1ccccc1NC(=S)N(CCN1CCOCC1)C1CCN(C(C)=O)CC1. The minimum atomic E-state index is 0.152. The lowest BCUT2D eigenvalue weighted by Crippen LogP contribution is -2.52. The Bertz CT molecular complexity index is 703. The van der Waals surface area contributed by atoms with Crippen molar-refractivity contribution >= 4 is 28.9 Å². The second-order valence-corrected chi connectivity index (χ2v) is 8.13. The van der Waals surface area contributed by atoms with Gasteiger partial charge in [0.2, 0.25) is 5.91 Å². The summed E-state index contributed by atoms with van der Waals surface area (Å²) < 4.78 is 11.2. The molecule has 7 nitrogen and oxygen atoms in total. The van der Waals surface area contributed by atoms with Crippen molar-refractivity contribution in [2.24, 2.45) is 0 Å². The first-order valence-electron chi connectivity index (χ1n) is 10.9. The number of para-hydroxylation sites is 2. The summed E-state index contributed by atoms with van der Waals surface area (Å²) in [6.07, 6.45) is 1.86. The van der Waals surface area contributed by atoms with E-state index in [1.54, 1.807) is 6.92 Å². The van der Waals surface area contributed by atoms with Crippen LogP contribution in [0.25, 0.3) is 0 Å². The van der Waals surface area contributed by atoms with Gasteiger partial charge in [-0.3, -0.25) is 9.69 Å². The Balaban J connectivity index is 1.68. The molecule has 0 aromatic heterocycles. The van der Waals surface area contributed by atoms with E-state index in [9.17, 15) is 4.79 Å². The largest absolute Gasteiger partial charge is 0.492 e. The highest BCUT2D eigenvalue weighted by molar-refractivity contribution is 7.80. The molecule has 0 atom stereocenters. The van der Waals surface area contributed by atoms with E-state index in [0.717, 1.165) is 81.9 Å². The van der Waals surface area contributed by atoms with Crippen LogP contribution in [0.4, 0.5) is 5.69 Å². The lowest BCUT2D eigenvalue weighted by atomic mass is 10.0. The van der Waals surface area contributed by atoms with E-state index in [1.165, 1.54) is 0 Å². The molecular weight excluding hydrogens is 400 g/mol. The van der Waals surface area contributed by atoms with Gasteiger partial charge in [0, 0.05) is 52.2 Å². The molecule has 0 unspecified atom stereocenters. The third-order valence-electron chi connectivity index (χ3n) is 5.80. The van der Waals surface area contributed by atoms with Crippen molar-refractivity contribution in [1.82, 2.24) is 14.7 Å². The van der Waals surface area contributed by atoms with Crippen molar-refractivity contribution in [2.45, 2.75) is 32.7 Å². The molecule has 1 aromatic carbocycles. The first-order valence-corrected chi connectivity index (χ1v) is 11.3. The number of rotatable bonds is 7. The summed E-state index contributed by atoms with van der Waals surface area (Å²) in [4.78, 5) is 18.4. The van der Waals surface area contributed by atoms with Crippen LogP contribution in [0.2, 0.25) is 0 Å². The van der Waals surface area contributed by atoms with Gasteiger partial charge >= 0.3 is 0 Å². The van der Waals surface area contributed by atoms with Crippen molar-refractivity contribution in [1.29, 1.82) is 0 Å². The van der Waals surface area contributed by atoms with Crippen molar-refractivity contribution < 1.29 is 14.3 Å². The van der Waals surface area contributed by atoms with Crippen LogP contribution in [0.1, 0.15) is 26.7 Å². The standard InChI is InChI=1S/C22H34N4O3S/c1-3-29-21-7-5-4-6-20(21)23-22(30)26(13-12-24-14-16-28-17-15-24)19-8-10-25(11-9-19)18(2)27/h4-7,19H,3,8-17H2,1-2H3,(H,23,30). The van der Waals surface area contributed by atoms with Crippen LogP contribution >= 0.6 is 12.2 Å². The molecule has 1 amide bonds. The van der Waals surface area contributed by atoms with Gasteiger partial charge in [0.05, 0.1) is 25.5 Å². The van der Waals surface area contributed by atoms with Gasteiger partial charge in [-0.2, -0.15) is 0 Å². The number of carbonyl (C=O) groups excluding carboxylic acids is 1. The van der Waals surface area contributed by atoms with E-state index >= 15 is 0 Å². The van der Waals surface area contributed by atoms with Crippen molar-refractivity contribution in [3.8, 4) is 5.75 Å². The molecule has 0 spiro atoms. The van der Waals surface area contributed by atoms with E-state index in [4.69, 9.17) is 21.7 Å². The lowest BCUT2D eigenvalue weighted by Gasteiger charge is -2.40. The van der Waals surface area contributed by atoms with Gasteiger partial charge < -0.3 is 24.6 Å². The highest BCUT2D eigenvalue weighted by Crippen LogP contribution is 2.25. The predicted octanol–water partition coefficient (Wildman–Crippen LogP) is 2.43. The Kier molecular flexibility index (Phi) is 8.72. The topological polar surface area (TPSA) is 57.3 Å². The van der Waals surface area contributed by atoms with Gasteiger partial charge in [-0.15, -0.1) is 0 Å². The quantitative estimate of drug-likeness (QED) is 0.662. The van der Waals surface area contributed by atoms with Gasteiger partial charge in [-0.1, -0.05) is 12.1 Å². The molecule has 2 saturated heterocycles. The number of hydrogen-bond acceptors (Lipinski definition) is 5. The molecule has 2 aliphatic heterocycles. The number of benzene rings is 1. The summed E-state index contributed by atoms with van der Waals surface area (Å²) in [7, 11) is 0. The average Bonchev–Trinajstić information content (AvgIpc) is 2.76. The van der Waals surface area contributed by atoms with Crippen molar-refractivity contribution in [3.05, 3.63) is 24.3 Å². The van der Waals surface area contributed by atoms with Crippen LogP contribution in [-0.2, 0) is 9.53 Å². The summed E-state index contributed by atoms with van der Waals surface area (Å²) in [5, 5.41) is 4.14. The molecule has 2 fully saturated rings. The number of nitrogens with zero attached hydrogens (tertiary/aromatic N) is 3. The molecule has 30 heavy (non-hydrogen) atoms. The maximum Gasteiger partial charge on any atom is 0.219 e. The normalized spacial score (nSPS) is 18.1. The maximum absolute atomic E-state index is 11.7. The number of ether oxygens (including phenoxy) is 2. The van der Waals surface area contributed by atoms with E-state index in [2.05, 4.69) is 15.1 Å². The number of carbonyl (C=O) groups is 1. The fraction of sp³-hybridized carbons (Fsp3) is 0.636. The molecule has 0 aliphatic carbocycles. The first kappa shape index (κ1) is 22.8. The number of morpholine rings is 1. The highest BCUT2D eigenvalue weighted by atomic mass is 32.1. The first-order chi connectivity index (χ1) is 14.6. The number of nitrogens with one attached hydrogen (secondary N) is 1. The summed E-state index contributed by atoms with van der Waals surface area (Å²) in [5.74, 6) is 0.960. The van der Waals surface area contributed by atoms with Crippen LogP contribution < -0.4 is 10.1 Å². The van der Waals surface area contributed by atoms with Crippen LogP contribution in [-0.4, -0.2) is 90.9 Å². The van der Waals surface area contributed by atoms with E-state index in [-0.39, 0.29) is 5.91 Å². The zero-order chi connectivity index (χ0) is 21.3. The monoisotopic (exact) mass is 434 g/mol. The average molecular weight is 435 g/mol. The Morgan fingerprint density at radius 1 is 1.23 bits per heavy atom. The summed E-state index contributed by atoms with van der Waals surface area (Å²) in [6.45, 7) is 11.1. The number of thiocarbonyl (C=S) groups is 1. The second-order valence-electron chi connectivity index (χ2n) is 7.74. The molecule has 8 heteroatoms. The third-order valence-corrected chi connectivity index (χ3v) is 6.14. The number of anilines is 1. The molecule has 1 aromatic rings. The van der Waals surface area contributed by atoms with Crippen LogP contribution in [0.15, 0.2) is 24.3 Å². The fourth-order valence-corrected chi connectivity index (χ4v) is 4.40. The lowest BCUT2D eigenvalue weighted by molar-refractivity contribution is -0.130. The van der Waals surface area contributed by atoms with E-state index < -0.39 is 0 Å². The molecule has 166 valence electrons. The Hall–Kier alpha value is -1.90. The van der Waals surface area contributed by atoms with Gasteiger partial charge in [0.1, 0.15) is 5.75 Å². The van der Waals surface area contributed by atoms with Crippen LogP contribution in [0.5, 0.6) is 5.75 Å². The summed E-state index contributed by atoms with van der Waals surface area (Å²) in [5.41, 5.74) is 0.891. The van der Waals surface area contributed by atoms with Gasteiger partial charge in [-0.05, 0) is 44.1 Å². The summed E-state index contributed by atoms with van der Waals surface area (Å²) >= 11 is 5.87. The molecule has 0 radical (unpaired) electrons. The number of likely N-dealkylation sites (tertiary alicyclic amines) is 1. The van der Waals surface area contributed by atoms with Crippen LogP contribution in [0, 0.1) is 0 Å².